The molecule has 1 aromatic carbocycles. The molecule has 82 valence electrons. The highest BCUT2D eigenvalue weighted by atomic mass is 35.5. The van der Waals surface area contributed by atoms with Gasteiger partial charge in [0.05, 0.1) is 5.02 Å². The van der Waals surface area contributed by atoms with Gasteiger partial charge in [0.15, 0.2) is 0 Å². The quantitative estimate of drug-likeness (QED) is 0.819. The van der Waals surface area contributed by atoms with E-state index in [0.717, 1.165) is 24.9 Å². The van der Waals surface area contributed by atoms with Gasteiger partial charge >= 0.3 is 0 Å². The van der Waals surface area contributed by atoms with Gasteiger partial charge in [-0.2, -0.15) is 0 Å². The summed E-state index contributed by atoms with van der Waals surface area (Å²) in [5.41, 5.74) is 1.53. The summed E-state index contributed by atoms with van der Waals surface area (Å²) in [6.45, 7) is 2.80. The molecule has 1 N–H and O–H groups in total. The summed E-state index contributed by atoms with van der Waals surface area (Å²) in [6, 6.07) is 4.19. The molecule has 0 radical (unpaired) electrons. The van der Waals surface area contributed by atoms with Gasteiger partial charge in [0, 0.05) is 6.04 Å². The number of halogens is 2. The Hall–Kier alpha value is -0.600. The van der Waals surface area contributed by atoms with Crippen LogP contribution < -0.4 is 5.32 Å². The molecule has 1 saturated heterocycles. The van der Waals surface area contributed by atoms with Gasteiger partial charge in [-0.3, -0.25) is 0 Å². The molecule has 0 bridgehead atoms. The van der Waals surface area contributed by atoms with Crippen molar-refractivity contribution in [1.82, 2.24) is 5.32 Å². The number of aryl methyl sites for hydroxylation is 1. The maximum Gasteiger partial charge on any atom is 0.144 e. The predicted octanol–water partition coefficient (Wildman–Crippen LogP) is 3.08. The second-order valence-electron chi connectivity index (χ2n) is 4.17. The lowest BCUT2D eigenvalue weighted by Gasteiger charge is -2.12. The van der Waals surface area contributed by atoms with E-state index in [0.29, 0.717) is 16.6 Å². The standard InChI is InChI=1S/C12H15ClFN/c1-8-4-5-9(11(13)12(8)14)7-10-3-2-6-15-10/h4-5,10,15H,2-3,6-7H2,1H3. The Labute approximate surface area is 94.6 Å². The van der Waals surface area contributed by atoms with Crippen LogP contribution in [0.4, 0.5) is 4.39 Å². The molecule has 1 atom stereocenters. The first-order valence-electron chi connectivity index (χ1n) is 5.35. The molecule has 1 unspecified atom stereocenters. The van der Waals surface area contributed by atoms with E-state index in [1.165, 1.54) is 6.42 Å². The van der Waals surface area contributed by atoms with Crippen LogP contribution in [0, 0.1) is 12.7 Å². The van der Waals surface area contributed by atoms with E-state index in [1.54, 1.807) is 13.0 Å². The Bertz CT molecular complexity index is 359. The third kappa shape index (κ3) is 2.32. The van der Waals surface area contributed by atoms with Gasteiger partial charge in [-0.05, 0) is 43.9 Å². The summed E-state index contributed by atoms with van der Waals surface area (Å²) in [6.07, 6.45) is 3.19. The van der Waals surface area contributed by atoms with Crippen LogP contribution in [0.2, 0.25) is 5.02 Å². The number of benzene rings is 1. The molecule has 1 aromatic rings. The lowest BCUT2D eigenvalue weighted by atomic mass is 10.0. The van der Waals surface area contributed by atoms with Crippen LogP contribution in [0.5, 0.6) is 0 Å². The highest BCUT2D eigenvalue weighted by Crippen LogP contribution is 2.25. The Morgan fingerprint density at radius 3 is 3.00 bits per heavy atom. The summed E-state index contributed by atoms with van der Waals surface area (Å²) < 4.78 is 13.5. The second kappa shape index (κ2) is 4.50. The van der Waals surface area contributed by atoms with Gasteiger partial charge in [-0.1, -0.05) is 23.7 Å². The molecule has 3 heteroatoms. The average Bonchev–Trinajstić information content (AvgIpc) is 2.72. The molecule has 1 heterocycles. The zero-order valence-electron chi connectivity index (χ0n) is 8.82. The van der Waals surface area contributed by atoms with E-state index in [4.69, 9.17) is 11.6 Å². The van der Waals surface area contributed by atoms with Crippen molar-refractivity contribution >= 4 is 11.6 Å². The van der Waals surface area contributed by atoms with Gasteiger partial charge in [0.1, 0.15) is 5.82 Å². The van der Waals surface area contributed by atoms with Gasteiger partial charge in [0.2, 0.25) is 0 Å². The molecule has 15 heavy (non-hydrogen) atoms. The van der Waals surface area contributed by atoms with E-state index >= 15 is 0 Å². The van der Waals surface area contributed by atoms with Gasteiger partial charge in [0.25, 0.3) is 0 Å². The van der Waals surface area contributed by atoms with Crippen molar-refractivity contribution in [2.45, 2.75) is 32.2 Å². The fraction of sp³-hybridized carbons (Fsp3) is 0.500. The van der Waals surface area contributed by atoms with Crippen LogP contribution in [0.3, 0.4) is 0 Å². The van der Waals surface area contributed by atoms with Crippen molar-refractivity contribution in [1.29, 1.82) is 0 Å². The fourth-order valence-electron chi connectivity index (χ4n) is 2.04. The van der Waals surface area contributed by atoms with Crippen molar-refractivity contribution in [2.75, 3.05) is 6.54 Å². The summed E-state index contributed by atoms with van der Waals surface area (Å²) >= 11 is 5.97. The zero-order valence-corrected chi connectivity index (χ0v) is 9.57. The minimum absolute atomic E-state index is 0.271. The van der Waals surface area contributed by atoms with Crippen LogP contribution in [-0.4, -0.2) is 12.6 Å². The highest BCUT2D eigenvalue weighted by molar-refractivity contribution is 6.31. The van der Waals surface area contributed by atoms with Crippen molar-refractivity contribution in [2.24, 2.45) is 0 Å². The molecular weight excluding hydrogens is 213 g/mol. The topological polar surface area (TPSA) is 12.0 Å². The Kier molecular flexibility index (Phi) is 3.27. The van der Waals surface area contributed by atoms with E-state index in [9.17, 15) is 4.39 Å². The van der Waals surface area contributed by atoms with E-state index in [1.807, 2.05) is 6.07 Å². The number of rotatable bonds is 2. The number of hydrogen-bond acceptors (Lipinski definition) is 1. The van der Waals surface area contributed by atoms with Crippen molar-refractivity contribution in [3.05, 3.63) is 34.1 Å². The SMILES string of the molecule is Cc1ccc(CC2CCCN2)c(Cl)c1F. The Morgan fingerprint density at radius 1 is 1.53 bits per heavy atom. The van der Waals surface area contributed by atoms with Crippen LogP contribution in [0.1, 0.15) is 24.0 Å². The number of hydrogen-bond donors (Lipinski definition) is 1. The van der Waals surface area contributed by atoms with E-state index in [-0.39, 0.29) is 5.82 Å². The molecule has 1 fully saturated rings. The minimum atomic E-state index is -0.271. The highest BCUT2D eigenvalue weighted by Gasteiger charge is 2.17. The maximum absolute atomic E-state index is 13.5. The molecule has 0 aliphatic carbocycles. The van der Waals surface area contributed by atoms with Gasteiger partial charge in [-0.25, -0.2) is 4.39 Å². The normalized spacial score (nSPS) is 20.9. The molecule has 1 nitrogen and oxygen atoms in total. The maximum atomic E-state index is 13.5. The first-order valence-corrected chi connectivity index (χ1v) is 5.73. The Morgan fingerprint density at radius 2 is 2.33 bits per heavy atom. The van der Waals surface area contributed by atoms with Gasteiger partial charge in [-0.15, -0.1) is 0 Å². The molecule has 2 rings (SSSR count). The van der Waals surface area contributed by atoms with Crippen LogP contribution >= 0.6 is 11.6 Å². The first-order chi connectivity index (χ1) is 7.18. The molecule has 0 spiro atoms. The minimum Gasteiger partial charge on any atom is -0.314 e. The summed E-state index contributed by atoms with van der Waals surface area (Å²) in [5.74, 6) is -0.271. The lowest BCUT2D eigenvalue weighted by Crippen LogP contribution is -2.23. The molecule has 1 aliphatic rings. The molecule has 1 aliphatic heterocycles. The third-order valence-electron chi connectivity index (χ3n) is 2.98. The first kappa shape index (κ1) is 10.9. The van der Waals surface area contributed by atoms with E-state index in [2.05, 4.69) is 5.32 Å². The lowest BCUT2D eigenvalue weighted by molar-refractivity contribution is 0.590. The van der Waals surface area contributed by atoms with Crippen LogP contribution in [-0.2, 0) is 6.42 Å². The summed E-state index contributed by atoms with van der Waals surface area (Å²) in [4.78, 5) is 0. The predicted molar refractivity (Wildman–Crippen MR) is 60.9 cm³/mol. The van der Waals surface area contributed by atoms with E-state index < -0.39 is 0 Å². The molecule has 0 amide bonds. The zero-order chi connectivity index (χ0) is 10.8. The number of nitrogens with one attached hydrogen (secondary N) is 1. The van der Waals surface area contributed by atoms with Crippen molar-refractivity contribution < 1.29 is 4.39 Å². The van der Waals surface area contributed by atoms with Crippen molar-refractivity contribution in [3.63, 3.8) is 0 Å². The second-order valence-corrected chi connectivity index (χ2v) is 4.54. The molecule has 0 saturated carbocycles. The molecule has 0 aromatic heterocycles. The average molecular weight is 228 g/mol. The Balaban J connectivity index is 2.17. The summed E-state index contributed by atoms with van der Waals surface area (Å²) in [5, 5.41) is 3.68. The smallest absolute Gasteiger partial charge is 0.144 e. The molecular formula is C12H15ClFN. The van der Waals surface area contributed by atoms with Crippen LogP contribution in [0.15, 0.2) is 12.1 Å². The third-order valence-corrected chi connectivity index (χ3v) is 3.39. The fourth-order valence-corrected chi connectivity index (χ4v) is 2.33. The monoisotopic (exact) mass is 227 g/mol. The van der Waals surface area contributed by atoms with Crippen LogP contribution in [0.25, 0.3) is 0 Å². The summed E-state index contributed by atoms with van der Waals surface area (Å²) in [7, 11) is 0. The largest absolute Gasteiger partial charge is 0.314 e. The van der Waals surface area contributed by atoms with Gasteiger partial charge < -0.3 is 5.32 Å². The van der Waals surface area contributed by atoms with Crippen molar-refractivity contribution in [3.8, 4) is 0 Å².